The number of carbonyl (C=O) groups is 3. The highest BCUT2D eigenvalue weighted by Gasteiger charge is 2.42. The Kier molecular flexibility index (Phi) is 10.4. The molecule has 3 atom stereocenters. The Bertz CT molecular complexity index is 2300. The first-order valence-electron chi connectivity index (χ1n) is 22.8. The van der Waals surface area contributed by atoms with Gasteiger partial charge in [0.25, 0.3) is 5.91 Å². The minimum Gasteiger partial charge on any atom is -0.372 e. The van der Waals surface area contributed by atoms with E-state index < -0.39 is 11.7 Å². The molecular weight excluding hydrogens is 770 g/mol. The largest absolute Gasteiger partial charge is 0.372 e. The van der Waals surface area contributed by atoms with Crippen molar-refractivity contribution in [3.63, 3.8) is 0 Å². The number of halogens is 1. The van der Waals surface area contributed by atoms with E-state index in [1.807, 2.05) is 18.5 Å². The van der Waals surface area contributed by atoms with E-state index in [9.17, 15) is 14.4 Å². The summed E-state index contributed by atoms with van der Waals surface area (Å²) >= 11 is 0. The van der Waals surface area contributed by atoms with Crippen LogP contribution in [0.5, 0.6) is 0 Å². The molecule has 1 unspecified atom stereocenters. The molecular formula is C48H60FN9O3. The SMILES string of the molecule is C[C@@H]1Cc2c([nH]c3ccccc23)[C@@H](c2cnc(N3CCC4(CCN(CC5CCN(c6ccc7c(c6)CN(C6CCC(=O)NC6=O)C7=O)CC5)CC4)CC3)nc2)N1CC(C)(C)F. The maximum atomic E-state index is 15.3. The number of piperidine rings is 4. The van der Waals surface area contributed by atoms with Crippen LogP contribution in [0.3, 0.4) is 0 Å². The van der Waals surface area contributed by atoms with Crippen molar-refractivity contribution in [2.24, 2.45) is 11.3 Å². The number of carbonyl (C=O) groups excluding carboxylic acids is 3. The summed E-state index contributed by atoms with van der Waals surface area (Å²) in [5.74, 6) is 0.721. The first-order valence-corrected chi connectivity index (χ1v) is 22.8. The lowest BCUT2D eigenvalue weighted by atomic mass is 9.71. The van der Waals surface area contributed by atoms with Crippen LogP contribution in [0.25, 0.3) is 10.9 Å². The van der Waals surface area contributed by atoms with Gasteiger partial charge in [-0.15, -0.1) is 0 Å². The number of benzene rings is 2. The number of hydrogen-bond donors (Lipinski definition) is 2. The summed E-state index contributed by atoms with van der Waals surface area (Å²) in [6.07, 6.45) is 12.6. The van der Waals surface area contributed by atoms with Crippen LogP contribution in [-0.4, -0.2) is 117 Å². The zero-order chi connectivity index (χ0) is 42.0. The van der Waals surface area contributed by atoms with Crippen LogP contribution in [0.1, 0.15) is 111 Å². The third kappa shape index (κ3) is 7.81. The van der Waals surface area contributed by atoms with Crippen LogP contribution < -0.4 is 15.1 Å². The number of aromatic nitrogens is 3. The number of amides is 3. The molecule has 13 heteroatoms. The van der Waals surface area contributed by atoms with E-state index in [1.54, 1.807) is 18.7 Å². The molecule has 1 spiro atoms. The predicted octanol–water partition coefficient (Wildman–Crippen LogP) is 6.40. The van der Waals surface area contributed by atoms with E-state index in [0.29, 0.717) is 36.4 Å². The van der Waals surface area contributed by atoms with E-state index in [1.165, 1.54) is 36.6 Å². The van der Waals surface area contributed by atoms with E-state index >= 15 is 4.39 Å². The Morgan fingerprint density at radius 1 is 0.885 bits per heavy atom. The van der Waals surface area contributed by atoms with Crippen molar-refractivity contribution in [1.29, 1.82) is 0 Å². The molecule has 322 valence electrons. The first-order chi connectivity index (χ1) is 29.4. The molecule has 12 nitrogen and oxygen atoms in total. The van der Waals surface area contributed by atoms with Gasteiger partial charge in [0, 0.05) is 104 Å². The smallest absolute Gasteiger partial charge is 0.255 e. The summed E-state index contributed by atoms with van der Waals surface area (Å²) in [6, 6.07) is 14.0. The lowest BCUT2D eigenvalue weighted by molar-refractivity contribution is -0.136. The Morgan fingerprint density at radius 3 is 2.33 bits per heavy atom. The Labute approximate surface area is 358 Å². The van der Waals surface area contributed by atoms with Crippen LogP contribution in [0.15, 0.2) is 54.9 Å². The lowest BCUT2D eigenvalue weighted by Gasteiger charge is -2.47. The van der Waals surface area contributed by atoms with Crippen molar-refractivity contribution in [2.75, 3.05) is 62.2 Å². The fourth-order valence-corrected chi connectivity index (χ4v) is 11.6. The number of H-pyrrole nitrogens is 1. The summed E-state index contributed by atoms with van der Waals surface area (Å²) in [6.45, 7) is 13.7. The highest BCUT2D eigenvalue weighted by molar-refractivity contribution is 6.05. The van der Waals surface area contributed by atoms with Gasteiger partial charge in [-0.25, -0.2) is 14.4 Å². The lowest BCUT2D eigenvalue weighted by Crippen LogP contribution is -2.52. The standard InChI is InChI=1S/C48H60FN9O3/c1-31-24-38-37-6-4-5-7-39(37)52-42(38)43(58(31)30-47(2,3)49)34-26-50-46(51-27-34)56-22-16-48(17-23-56)14-20-54(21-15-48)28-32-12-18-55(19-13-32)35-8-9-36-33(25-35)29-57(45(36)61)40-10-11-41(59)53-44(40)60/h4-9,25-27,31-32,40,43,52H,10-24,28-30H2,1-3H3,(H,53,59,60)/t31-,40?,43-/m1/s1. The van der Waals surface area contributed by atoms with Crippen molar-refractivity contribution in [2.45, 2.75) is 109 Å². The fourth-order valence-electron chi connectivity index (χ4n) is 11.6. The molecule has 4 aromatic rings. The minimum absolute atomic E-state index is 0.119. The molecule has 0 bridgehead atoms. The number of aromatic amines is 1. The van der Waals surface area contributed by atoms with E-state index in [0.717, 1.165) is 99.0 Å². The molecule has 0 saturated carbocycles. The molecule has 2 aromatic heterocycles. The number of fused-ring (bicyclic) bond motifs is 4. The second-order valence-electron chi connectivity index (χ2n) is 19.7. The molecule has 0 radical (unpaired) electrons. The van der Waals surface area contributed by atoms with Crippen molar-refractivity contribution >= 4 is 40.3 Å². The van der Waals surface area contributed by atoms with Gasteiger partial charge in [-0.1, -0.05) is 18.2 Å². The number of alkyl halides is 1. The third-order valence-corrected chi connectivity index (χ3v) is 15.1. The van der Waals surface area contributed by atoms with Gasteiger partial charge < -0.3 is 24.6 Å². The van der Waals surface area contributed by atoms with Crippen molar-refractivity contribution in [1.82, 2.24) is 35.0 Å². The highest BCUT2D eigenvalue weighted by atomic mass is 19.1. The van der Waals surface area contributed by atoms with Gasteiger partial charge in [0.2, 0.25) is 17.8 Å². The Balaban J connectivity index is 0.709. The highest BCUT2D eigenvalue weighted by Crippen LogP contribution is 2.44. The topological polar surface area (TPSA) is 121 Å². The molecule has 2 aromatic carbocycles. The van der Waals surface area contributed by atoms with E-state index in [-0.39, 0.29) is 36.2 Å². The zero-order valence-corrected chi connectivity index (χ0v) is 36.0. The molecule has 0 aliphatic carbocycles. The molecule has 3 amide bonds. The number of anilines is 2. The van der Waals surface area contributed by atoms with E-state index in [4.69, 9.17) is 9.97 Å². The molecule has 8 heterocycles. The normalized spacial score (nSPS) is 25.3. The number of para-hydroxylation sites is 1. The average molecular weight is 830 g/mol. The van der Waals surface area contributed by atoms with Crippen LogP contribution >= 0.6 is 0 Å². The maximum Gasteiger partial charge on any atom is 0.255 e. The summed E-state index contributed by atoms with van der Waals surface area (Å²) < 4.78 is 15.3. The van der Waals surface area contributed by atoms with Crippen molar-refractivity contribution in [3.8, 4) is 0 Å². The van der Waals surface area contributed by atoms with Crippen LogP contribution in [0.4, 0.5) is 16.0 Å². The van der Waals surface area contributed by atoms with Gasteiger partial charge in [-0.05, 0) is 132 Å². The third-order valence-electron chi connectivity index (χ3n) is 15.1. The van der Waals surface area contributed by atoms with Gasteiger partial charge in [0.15, 0.2) is 0 Å². The zero-order valence-electron chi connectivity index (χ0n) is 36.0. The average Bonchev–Trinajstić information content (AvgIpc) is 3.78. The maximum absolute atomic E-state index is 15.3. The van der Waals surface area contributed by atoms with Gasteiger partial charge in [0.05, 0.1) is 6.04 Å². The molecule has 6 aliphatic rings. The summed E-state index contributed by atoms with van der Waals surface area (Å²) in [4.78, 5) is 62.4. The fraction of sp³-hybridized carbons (Fsp3) is 0.562. The number of imide groups is 1. The van der Waals surface area contributed by atoms with Gasteiger partial charge in [-0.2, -0.15) is 0 Å². The van der Waals surface area contributed by atoms with Gasteiger partial charge >= 0.3 is 0 Å². The number of hydrogen-bond acceptors (Lipinski definition) is 9. The molecule has 10 rings (SSSR count). The van der Waals surface area contributed by atoms with E-state index in [2.05, 4.69) is 73.2 Å². The number of nitrogens with zero attached hydrogens (tertiary/aromatic N) is 7. The summed E-state index contributed by atoms with van der Waals surface area (Å²) in [5, 5.41) is 3.64. The summed E-state index contributed by atoms with van der Waals surface area (Å²) in [7, 11) is 0. The van der Waals surface area contributed by atoms with Crippen LogP contribution in [-0.2, 0) is 22.6 Å². The molecule has 4 fully saturated rings. The molecule has 2 N–H and O–H groups in total. The van der Waals surface area contributed by atoms with Gasteiger partial charge in [-0.3, -0.25) is 24.6 Å². The second-order valence-corrected chi connectivity index (χ2v) is 19.7. The number of likely N-dealkylation sites (tertiary alicyclic amines) is 1. The number of rotatable bonds is 8. The first kappa shape index (κ1) is 40.2. The van der Waals surface area contributed by atoms with Gasteiger partial charge in [0.1, 0.15) is 11.7 Å². The quantitative estimate of drug-likeness (QED) is 0.195. The van der Waals surface area contributed by atoms with Crippen molar-refractivity contribution in [3.05, 3.63) is 82.8 Å². The van der Waals surface area contributed by atoms with Crippen LogP contribution in [0.2, 0.25) is 0 Å². The Morgan fingerprint density at radius 2 is 1.61 bits per heavy atom. The second kappa shape index (κ2) is 15.8. The summed E-state index contributed by atoms with van der Waals surface area (Å²) in [5.41, 5.74) is 6.41. The molecule has 4 saturated heterocycles. The minimum atomic E-state index is -1.34. The Hall–Kier alpha value is -4.88. The van der Waals surface area contributed by atoms with Crippen LogP contribution in [0, 0.1) is 11.3 Å². The number of nitrogens with one attached hydrogen (secondary N) is 2. The predicted molar refractivity (Wildman–Crippen MR) is 234 cm³/mol. The molecule has 6 aliphatic heterocycles. The molecule has 61 heavy (non-hydrogen) atoms. The van der Waals surface area contributed by atoms with Crippen molar-refractivity contribution < 1.29 is 18.8 Å². The monoisotopic (exact) mass is 829 g/mol.